The molecular weight excluding hydrogens is 324 g/mol. The van der Waals surface area contributed by atoms with Gasteiger partial charge in [-0.3, -0.25) is 4.79 Å². The molecule has 0 radical (unpaired) electrons. The van der Waals surface area contributed by atoms with Crippen LogP contribution in [0, 0.1) is 11.8 Å². The van der Waals surface area contributed by atoms with Crippen molar-refractivity contribution in [2.75, 3.05) is 0 Å². The molecule has 3 rings (SSSR count). The summed E-state index contributed by atoms with van der Waals surface area (Å²) in [5, 5.41) is 4.87. The van der Waals surface area contributed by atoms with Gasteiger partial charge in [0.1, 0.15) is 27.9 Å². The Balaban J connectivity index is 2.11. The van der Waals surface area contributed by atoms with E-state index in [-0.39, 0.29) is 34.0 Å². The molecule has 3 heterocycles. The number of carbonyl (C=O) groups is 1. The molecule has 0 amide bonds. The van der Waals surface area contributed by atoms with Crippen molar-refractivity contribution in [3.05, 3.63) is 11.3 Å². The van der Waals surface area contributed by atoms with E-state index in [1.54, 1.807) is 0 Å². The smallest absolute Gasteiger partial charge is 0.220 e. The maximum atomic E-state index is 13.7. The predicted octanol–water partition coefficient (Wildman–Crippen LogP) is 1.90. The van der Waals surface area contributed by atoms with Crippen molar-refractivity contribution in [2.24, 2.45) is 11.8 Å². The first-order chi connectivity index (χ1) is 11.6. The summed E-state index contributed by atoms with van der Waals surface area (Å²) >= 11 is 0. The summed E-state index contributed by atoms with van der Waals surface area (Å²) in [6.07, 6.45) is 1.74. The van der Waals surface area contributed by atoms with Crippen molar-refractivity contribution in [2.45, 2.75) is 110 Å². The summed E-state index contributed by atoms with van der Waals surface area (Å²) in [5.41, 5.74) is 0.359. The van der Waals surface area contributed by atoms with E-state index in [0.717, 1.165) is 18.6 Å². The molecule has 1 fully saturated rings. The van der Waals surface area contributed by atoms with Crippen molar-refractivity contribution in [1.82, 2.24) is 0 Å². The number of nitrogens with two attached hydrogens (primary N) is 2. The fourth-order valence-electron chi connectivity index (χ4n) is 6.00. The molecule has 0 unspecified atom stereocenters. The third kappa shape index (κ3) is 2.51. The molecule has 0 aromatic rings. The average Bonchev–Trinajstić information content (AvgIpc) is 2.47. The summed E-state index contributed by atoms with van der Waals surface area (Å²) in [4.78, 5) is 13.7. The third-order valence-electron chi connectivity index (χ3n) is 8.01. The van der Waals surface area contributed by atoms with E-state index in [1.807, 2.05) is 0 Å². The topological polar surface area (TPSA) is 59.5 Å². The molecular formula is C22H40N2O2+2. The molecule has 3 aliphatic rings. The standard InChI is InChI=1S/C22H38N2O2/c1-13-16-15(20(7,8)23-18(13,3)4)11-12-22(26-16)17(25)14(2)19(5,6)24-21(22,9)10/h13-14,23-24H,11-12H2,1-10H3/p+2/t13-,14-,22+/m0/s1. The Bertz CT molecular complexity index is 672. The van der Waals surface area contributed by atoms with Gasteiger partial charge in [-0.2, -0.15) is 0 Å². The monoisotopic (exact) mass is 364 g/mol. The number of quaternary nitrogens is 2. The molecule has 4 nitrogen and oxygen atoms in total. The van der Waals surface area contributed by atoms with E-state index in [9.17, 15) is 4.79 Å². The highest BCUT2D eigenvalue weighted by Gasteiger charge is 2.67. The van der Waals surface area contributed by atoms with Gasteiger partial charge in [-0.15, -0.1) is 0 Å². The summed E-state index contributed by atoms with van der Waals surface area (Å²) in [7, 11) is 0. The normalized spacial score (nSPS) is 40.2. The summed E-state index contributed by atoms with van der Waals surface area (Å²) in [5.74, 6) is 1.65. The maximum absolute atomic E-state index is 13.7. The molecule has 3 atom stereocenters. The van der Waals surface area contributed by atoms with Gasteiger partial charge in [-0.25, -0.2) is 0 Å². The number of carbonyl (C=O) groups excluding carboxylic acids is 1. The molecule has 26 heavy (non-hydrogen) atoms. The minimum Gasteiger partial charge on any atom is -0.476 e. The molecule has 0 saturated carbocycles. The van der Waals surface area contributed by atoms with Crippen LogP contribution in [0.15, 0.2) is 11.3 Å². The van der Waals surface area contributed by atoms with Gasteiger partial charge in [0.05, 0.1) is 11.8 Å². The van der Waals surface area contributed by atoms with Crippen LogP contribution in [0.3, 0.4) is 0 Å². The Morgan fingerprint density at radius 3 is 2.00 bits per heavy atom. The highest BCUT2D eigenvalue weighted by atomic mass is 16.5. The Labute approximate surface area is 159 Å². The van der Waals surface area contributed by atoms with Crippen LogP contribution in [0.5, 0.6) is 0 Å². The Hall–Kier alpha value is -0.870. The molecule has 1 saturated heterocycles. The quantitative estimate of drug-likeness (QED) is 0.690. The van der Waals surface area contributed by atoms with Crippen molar-refractivity contribution in [1.29, 1.82) is 0 Å². The van der Waals surface area contributed by atoms with E-state index in [0.29, 0.717) is 5.78 Å². The number of Topliss-reactive ketones (excluding diaryl/α,β-unsaturated/α-hetero) is 1. The second-order valence-electron chi connectivity index (χ2n) is 11.5. The first-order valence-corrected chi connectivity index (χ1v) is 10.3. The van der Waals surface area contributed by atoms with Gasteiger partial charge >= 0.3 is 0 Å². The lowest BCUT2D eigenvalue weighted by Gasteiger charge is -2.57. The molecule has 0 aromatic carbocycles. The number of ketones is 1. The van der Waals surface area contributed by atoms with Gasteiger partial charge < -0.3 is 15.4 Å². The zero-order valence-corrected chi connectivity index (χ0v) is 18.5. The van der Waals surface area contributed by atoms with Gasteiger partial charge in [-0.05, 0) is 75.7 Å². The fraction of sp³-hybridized carbons (Fsp3) is 0.864. The van der Waals surface area contributed by atoms with Crippen molar-refractivity contribution >= 4 is 5.78 Å². The highest BCUT2D eigenvalue weighted by molar-refractivity contribution is 5.92. The van der Waals surface area contributed by atoms with Crippen LogP contribution in [0.4, 0.5) is 0 Å². The van der Waals surface area contributed by atoms with Crippen molar-refractivity contribution < 1.29 is 20.2 Å². The van der Waals surface area contributed by atoms with Crippen LogP contribution < -0.4 is 10.6 Å². The lowest BCUT2D eigenvalue weighted by atomic mass is 9.61. The summed E-state index contributed by atoms with van der Waals surface area (Å²) in [6, 6.07) is 0. The number of hydrogen-bond donors (Lipinski definition) is 2. The number of hydrogen-bond acceptors (Lipinski definition) is 2. The molecule has 0 aliphatic carbocycles. The minimum atomic E-state index is -0.724. The molecule has 3 aliphatic heterocycles. The van der Waals surface area contributed by atoms with Crippen LogP contribution in [0.1, 0.15) is 82.1 Å². The lowest BCUT2D eigenvalue weighted by molar-refractivity contribution is -0.801. The van der Waals surface area contributed by atoms with E-state index >= 15 is 0 Å². The number of piperidine rings is 1. The van der Waals surface area contributed by atoms with Gasteiger partial charge in [0.2, 0.25) is 5.60 Å². The van der Waals surface area contributed by atoms with E-state index in [4.69, 9.17) is 4.74 Å². The van der Waals surface area contributed by atoms with Crippen LogP contribution >= 0.6 is 0 Å². The lowest BCUT2D eigenvalue weighted by Crippen LogP contribution is -3.12. The summed E-state index contributed by atoms with van der Waals surface area (Å²) < 4.78 is 6.87. The predicted molar refractivity (Wildman–Crippen MR) is 104 cm³/mol. The maximum Gasteiger partial charge on any atom is 0.220 e. The Kier molecular flexibility index (Phi) is 4.09. The van der Waals surface area contributed by atoms with Crippen LogP contribution in [0.25, 0.3) is 0 Å². The van der Waals surface area contributed by atoms with Gasteiger partial charge in [-0.1, -0.05) is 0 Å². The molecule has 4 heteroatoms. The van der Waals surface area contributed by atoms with Crippen molar-refractivity contribution in [3.8, 4) is 0 Å². The summed E-state index contributed by atoms with van der Waals surface area (Å²) in [6.45, 7) is 22.3. The molecule has 1 spiro atoms. The second-order valence-corrected chi connectivity index (χ2v) is 11.5. The van der Waals surface area contributed by atoms with Crippen LogP contribution in [-0.2, 0) is 9.53 Å². The first-order valence-electron chi connectivity index (χ1n) is 10.3. The average molecular weight is 365 g/mol. The highest BCUT2D eigenvalue weighted by Crippen LogP contribution is 2.49. The third-order valence-corrected chi connectivity index (χ3v) is 8.01. The van der Waals surface area contributed by atoms with E-state index < -0.39 is 5.60 Å². The first kappa shape index (κ1) is 19.9. The van der Waals surface area contributed by atoms with Gasteiger partial charge in [0, 0.05) is 12.0 Å². The second kappa shape index (κ2) is 5.35. The zero-order valence-electron chi connectivity index (χ0n) is 18.5. The Morgan fingerprint density at radius 1 is 0.885 bits per heavy atom. The zero-order chi connectivity index (χ0) is 19.9. The molecule has 4 N–H and O–H groups in total. The van der Waals surface area contributed by atoms with E-state index in [2.05, 4.69) is 79.9 Å². The number of rotatable bonds is 0. The minimum absolute atomic E-state index is 0.0173. The van der Waals surface area contributed by atoms with E-state index in [1.165, 1.54) is 5.57 Å². The molecule has 148 valence electrons. The number of ether oxygens (including phenoxy) is 1. The van der Waals surface area contributed by atoms with Gasteiger partial charge in [0.25, 0.3) is 0 Å². The van der Waals surface area contributed by atoms with Gasteiger partial charge in [0.15, 0.2) is 5.78 Å². The van der Waals surface area contributed by atoms with Crippen LogP contribution in [-0.4, -0.2) is 33.5 Å². The SMILES string of the molecule is C[C@H]1C(=O)[C@]2(CCC3=C(O2)[C@H](C)C(C)(C)[NH2+]C3(C)C)C(C)(C)[NH2+]C1(C)C. The fourth-order valence-corrected chi connectivity index (χ4v) is 6.00. The largest absolute Gasteiger partial charge is 0.476 e. The molecule has 0 aromatic heterocycles. The van der Waals surface area contributed by atoms with Crippen LogP contribution in [0.2, 0.25) is 0 Å². The van der Waals surface area contributed by atoms with Crippen molar-refractivity contribution in [3.63, 3.8) is 0 Å². The molecule has 0 bridgehead atoms. The Morgan fingerprint density at radius 2 is 1.42 bits per heavy atom.